The molecule has 0 saturated carbocycles. The maximum absolute atomic E-state index is 13.1. The monoisotopic (exact) mass is 441 g/mol. The number of nitro groups is 1. The number of rotatable bonds is 5. The lowest BCUT2D eigenvalue weighted by Gasteiger charge is -2.09. The molecule has 0 aliphatic carbocycles. The zero-order chi connectivity index (χ0) is 23.4. The van der Waals surface area contributed by atoms with Gasteiger partial charge in [0.1, 0.15) is 5.69 Å². The standard InChI is InChI=1S/C24H19N5O4/c1-16-21(24(31)26-25-23(30)18-12-14-20(15-13-18)29(32)33)22(17-8-4-2-5-9-17)27-28(16)19-10-6-3-7-11-19/h2-15H,1H3,(H,25,30)(H,26,31). The van der Waals surface area contributed by atoms with Crippen molar-refractivity contribution in [1.29, 1.82) is 0 Å². The normalized spacial score (nSPS) is 10.5. The predicted octanol–water partition coefficient (Wildman–Crippen LogP) is 3.83. The third-order valence-corrected chi connectivity index (χ3v) is 5.02. The third kappa shape index (κ3) is 4.47. The Labute approximate surface area is 188 Å². The van der Waals surface area contributed by atoms with E-state index in [9.17, 15) is 19.7 Å². The van der Waals surface area contributed by atoms with Crippen molar-refractivity contribution in [3.8, 4) is 16.9 Å². The summed E-state index contributed by atoms with van der Waals surface area (Å²) < 4.78 is 1.68. The number of amides is 2. The molecule has 0 aliphatic heterocycles. The van der Waals surface area contributed by atoms with Gasteiger partial charge in [-0.15, -0.1) is 0 Å². The molecule has 0 unspecified atom stereocenters. The van der Waals surface area contributed by atoms with E-state index < -0.39 is 16.7 Å². The number of hydrogen-bond acceptors (Lipinski definition) is 5. The van der Waals surface area contributed by atoms with E-state index in [-0.39, 0.29) is 11.3 Å². The molecule has 4 aromatic rings. The maximum Gasteiger partial charge on any atom is 0.273 e. The number of benzene rings is 3. The minimum absolute atomic E-state index is 0.132. The van der Waals surface area contributed by atoms with Gasteiger partial charge < -0.3 is 0 Å². The van der Waals surface area contributed by atoms with Crippen LogP contribution < -0.4 is 10.9 Å². The molecule has 4 rings (SSSR count). The van der Waals surface area contributed by atoms with Gasteiger partial charge in [-0.25, -0.2) is 4.68 Å². The average Bonchev–Trinajstić information content (AvgIpc) is 3.20. The number of non-ortho nitro benzene ring substituents is 1. The van der Waals surface area contributed by atoms with Crippen LogP contribution in [-0.2, 0) is 0 Å². The molecule has 9 nitrogen and oxygen atoms in total. The van der Waals surface area contributed by atoms with Crippen LogP contribution in [0.15, 0.2) is 84.9 Å². The SMILES string of the molecule is Cc1c(C(=O)NNC(=O)c2ccc([N+](=O)[O-])cc2)c(-c2ccccc2)nn1-c1ccccc1. The summed E-state index contributed by atoms with van der Waals surface area (Å²) in [5, 5.41) is 15.4. The molecule has 33 heavy (non-hydrogen) atoms. The number of carbonyl (C=O) groups excluding carboxylic acids is 2. The number of nitrogens with zero attached hydrogens (tertiary/aromatic N) is 3. The number of para-hydroxylation sites is 1. The van der Waals surface area contributed by atoms with Gasteiger partial charge in [0.15, 0.2) is 0 Å². The van der Waals surface area contributed by atoms with E-state index in [2.05, 4.69) is 16.0 Å². The highest BCUT2D eigenvalue weighted by Gasteiger charge is 2.23. The van der Waals surface area contributed by atoms with Crippen LogP contribution in [-0.4, -0.2) is 26.5 Å². The van der Waals surface area contributed by atoms with Crippen molar-refractivity contribution in [3.63, 3.8) is 0 Å². The molecule has 0 radical (unpaired) electrons. The molecule has 0 fully saturated rings. The Balaban J connectivity index is 1.62. The first-order chi connectivity index (χ1) is 16.0. The quantitative estimate of drug-likeness (QED) is 0.360. The molecule has 2 amide bonds. The van der Waals surface area contributed by atoms with Crippen LogP contribution in [0, 0.1) is 17.0 Å². The Hall–Kier alpha value is -4.79. The summed E-state index contributed by atoms with van der Waals surface area (Å²) >= 11 is 0. The zero-order valence-corrected chi connectivity index (χ0v) is 17.6. The highest BCUT2D eigenvalue weighted by molar-refractivity contribution is 6.03. The summed E-state index contributed by atoms with van der Waals surface area (Å²) in [4.78, 5) is 35.8. The fraction of sp³-hybridized carbons (Fsp3) is 0.0417. The molecule has 1 aromatic heterocycles. The molecule has 9 heteroatoms. The zero-order valence-electron chi connectivity index (χ0n) is 17.6. The largest absolute Gasteiger partial charge is 0.273 e. The summed E-state index contributed by atoms with van der Waals surface area (Å²) in [6.45, 7) is 1.78. The molecule has 3 aromatic carbocycles. The van der Waals surface area contributed by atoms with E-state index >= 15 is 0 Å². The highest BCUT2D eigenvalue weighted by atomic mass is 16.6. The van der Waals surface area contributed by atoms with Crippen molar-refractivity contribution in [2.24, 2.45) is 0 Å². The van der Waals surface area contributed by atoms with Crippen LogP contribution in [0.3, 0.4) is 0 Å². The average molecular weight is 441 g/mol. The van der Waals surface area contributed by atoms with Crippen molar-refractivity contribution in [3.05, 3.63) is 112 Å². The topological polar surface area (TPSA) is 119 Å². The maximum atomic E-state index is 13.1. The smallest absolute Gasteiger partial charge is 0.267 e. The van der Waals surface area contributed by atoms with Gasteiger partial charge in [-0.1, -0.05) is 48.5 Å². The lowest BCUT2D eigenvalue weighted by atomic mass is 10.1. The van der Waals surface area contributed by atoms with Crippen molar-refractivity contribution in [2.45, 2.75) is 6.92 Å². The first-order valence-corrected chi connectivity index (χ1v) is 10.0. The van der Waals surface area contributed by atoms with Gasteiger partial charge in [0, 0.05) is 23.3 Å². The van der Waals surface area contributed by atoms with Gasteiger partial charge in [0.25, 0.3) is 17.5 Å². The van der Waals surface area contributed by atoms with E-state index in [1.807, 2.05) is 60.7 Å². The number of hydrogen-bond donors (Lipinski definition) is 2. The minimum atomic E-state index is -0.604. The lowest BCUT2D eigenvalue weighted by molar-refractivity contribution is -0.384. The minimum Gasteiger partial charge on any atom is -0.267 e. The van der Waals surface area contributed by atoms with Crippen LogP contribution in [0.5, 0.6) is 0 Å². The Bertz CT molecular complexity index is 1320. The van der Waals surface area contributed by atoms with E-state index in [4.69, 9.17) is 0 Å². The number of hydrazine groups is 1. The van der Waals surface area contributed by atoms with Crippen molar-refractivity contribution >= 4 is 17.5 Å². The Morgan fingerprint density at radius 1 is 0.848 bits per heavy atom. The molecule has 0 saturated heterocycles. The van der Waals surface area contributed by atoms with Crippen LogP contribution in [0.25, 0.3) is 16.9 Å². The molecule has 1 heterocycles. The Morgan fingerprint density at radius 3 is 2.03 bits per heavy atom. The molecule has 0 aliphatic rings. The summed E-state index contributed by atoms with van der Waals surface area (Å²) in [5.41, 5.74) is 7.74. The van der Waals surface area contributed by atoms with E-state index in [1.165, 1.54) is 24.3 Å². The molecule has 164 valence electrons. The molecule has 0 atom stereocenters. The van der Waals surface area contributed by atoms with Gasteiger partial charge in [0.05, 0.1) is 21.9 Å². The number of aromatic nitrogens is 2. The van der Waals surface area contributed by atoms with Gasteiger partial charge >= 0.3 is 0 Å². The van der Waals surface area contributed by atoms with E-state index in [1.54, 1.807) is 11.6 Å². The van der Waals surface area contributed by atoms with E-state index in [0.29, 0.717) is 17.0 Å². The van der Waals surface area contributed by atoms with Gasteiger partial charge in [-0.3, -0.25) is 30.6 Å². The fourth-order valence-electron chi connectivity index (χ4n) is 3.38. The van der Waals surface area contributed by atoms with Gasteiger partial charge in [-0.2, -0.15) is 5.10 Å². The van der Waals surface area contributed by atoms with Crippen molar-refractivity contribution in [2.75, 3.05) is 0 Å². The van der Waals surface area contributed by atoms with Crippen LogP contribution in [0.2, 0.25) is 0 Å². The summed E-state index contributed by atoms with van der Waals surface area (Å²) in [5.74, 6) is -1.14. The van der Waals surface area contributed by atoms with Gasteiger partial charge in [-0.05, 0) is 31.2 Å². The summed E-state index contributed by atoms with van der Waals surface area (Å²) in [7, 11) is 0. The Morgan fingerprint density at radius 2 is 1.42 bits per heavy atom. The molecule has 0 bridgehead atoms. The first-order valence-electron chi connectivity index (χ1n) is 10.0. The molecule has 2 N–H and O–H groups in total. The van der Waals surface area contributed by atoms with Gasteiger partial charge in [0.2, 0.25) is 0 Å². The highest BCUT2D eigenvalue weighted by Crippen LogP contribution is 2.27. The predicted molar refractivity (Wildman–Crippen MR) is 122 cm³/mol. The van der Waals surface area contributed by atoms with E-state index in [0.717, 1.165) is 11.3 Å². The number of nitrogens with one attached hydrogen (secondary N) is 2. The fourth-order valence-corrected chi connectivity index (χ4v) is 3.38. The van der Waals surface area contributed by atoms with Crippen LogP contribution in [0.1, 0.15) is 26.4 Å². The van der Waals surface area contributed by atoms with Crippen LogP contribution >= 0.6 is 0 Å². The molecular formula is C24H19N5O4. The number of carbonyl (C=O) groups is 2. The molecule has 0 spiro atoms. The number of nitro benzene ring substituents is 1. The summed E-state index contributed by atoms with van der Waals surface area (Å²) in [6.07, 6.45) is 0. The first kappa shape index (κ1) is 21.4. The second-order valence-corrected chi connectivity index (χ2v) is 7.13. The van der Waals surface area contributed by atoms with Crippen molar-refractivity contribution < 1.29 is 14.5 Å². The van der Waals surface area contributed by atoms with Crippen LogP contribution in [0.4, 0.5) is 5.69 Å². The van der Waals surface area contributed by atoms with Crippen molar-refractivity contribution in [1.82, 2.24) is 20.6 Å². The molecular weight excluding hydrogens is 422 g/mol. The second-order valence-electron chi connectivity index (χ2n) is 7.13. The summed E-state index contributed by atoms with van der Waals surface area (Å²) in [6, 6.07) is 23.8. The second kappa shape index (κ2) is 9.15. The Kier molecular flexibility index (Phi) is 5.94. The third-order valence-electron chi connectivity index (χ3n) is 5.02. The lowest BCUT2D eigenvalue weighted by Crippen LogP contribution is -2.42.